The van der Waals surface area contributed by atoms with E-state index in [0.29, 0.717) is 29.7 Å². The van der Waals surface area contributed by atoms with Crippen molar-refractivity contribution in [2.75, 3.05) is 27.3 Å². The van der Waals surface area contributed by atoms with Crippen molar-refractivity contribution in [3.63, 3.8) is 0 Å². The van der Waals surface area contributed by atoms with Crippen molar-refractivity contribution in [1.82, 2.24) is 10.2 Å². The maximum Gasteiger partial charge on any atom is 0.261 e. The van der Waals surface area contributed by atoms with E-state index in [0.717, 1.165) is 41.7 Å². The average molecular weight is 509 g/mol. The highest BCUT2D eigenvalue weighted by Gasteiger charge is 2.41. The summed E-state index contributed by atoms with van der Waals surface area (Å²) in [5.41, 5.74) is 3.35. The van der Waals surface area contributed by atoms with E-state index in [-0.39, 0.29) is 24.4 Å². The van der Waals surface area contributed by atoms with Gasteiger partial charge in [0.25, 0.3) is 5.91 Å². The maximum atomic E-state index is 13.5. The van der Waals surface area contributed by atoms with Crippen LogP contribution < -0.4 is 14.8 Å². The smallest absolute Gasteiger partial charge is 0.261 e. The lowest BCUT2D eigenvalue weighted by atomic mass is 9.93. The van der Waals surface area contributed by atoms with E-state index >= 15 is 0 Å². The van der Waals surface area contributed by atoms with E-state index in [1.807, 2.05) is 29.2 Å². The van der Waals surface area contributed by atoms with Gasteiger partial charge in [-0.25, -0.2) is 0 Å². The molecular weight excluding hydrogens is 472 g/mol. The monoisotopic (exact) mass is 508 g/mol. The van der Waals surface area contributed by atoms with Crippen LogP contribution in [0.2, 0.25) is 0 Å². The number of nitrogens with one attached hydrogen (secondary N) is 1. The summed E-state index contributed by atoms with van der Waals surface area (Å²) in [7, 11) is 3.22. The Labute approximate surface area is 218 Å². The Bertz CT molecular complexity index is 1100. The van der Waals surface area contributed by atoms with Gasteiger partial charge in [-0.3, -0.25) is 9.59 Å². The van der Waals surface area contributed by atoms with Gasteiger partial charge in [0.2, 0.25) is 5.91 Å². The van der Waals surface area contributed by atoms with Crippen LogP contribution in [0.3, 0.4) is 0 Å². The second kappa shape index (κ2) is 12.3. The predicted molar refractivity (Wildman–Crippen MR) is 145 cm³/mol. The van der Waals surface area contributed by atoms with Crippen molar-refractivity contribution in [3.8, 4) is 11.5 Å². The normalized spacial score (nSPS) is 20.7. The zero-order valence-corrected chi connectivity index (χ0v) is 22.2. The fraction of sp³-hybridized carbons (Fsp3) is 0.448. The summed E-state index contributed by atoms with van der Waals surface area (Å²) in [6, 6.07) is 14.2. The lowest BCUT2D eigenvalue weighted by Crippen LogP contribution is -2.54. The quantitative estimate of drug-likeness (QED) is 0.491. The summed E-state index contributed by atoms with van der Waals surface area (Å²) in [5, 5.41) is 3.35. The fourth-order valence-electron chi connectivity index (χ4n) is 4.96. The van der Waals surface area contributed by atoms with Gasteiger partial charge in [0.05, 0.1) is 19.1 Å². The van der Waals surface area contributed by atoms with Gasteiger partial charge in [-0.2, -0.15) is 0 Å². The molecule has 1 saturated heterocycles. The highest BCUT2D eigenvalue weighted by Crippen LogP contribution is 2.42. The van der Waals surface area contributed by atoms with Crippen molar-refractivity contribution in [3.05, 3.63) is 64.1 Å². The van der Waals surface area contributed by atoms with Crippen LogP contribution in [0.5, 0.6) is 11.5 Å². The van der Waals surface area contributed by atoms with Crippen molar-refractivity contribution in [1.29, 1.82) is 0 Å². The summed E-state index contributed by atoms with van der Waals surface area (Å²) in [6.45, 7) is 2.72. The third kappa shape index (κ3) is 6.25. The molecule has 2 amide bonds. The Hall–Kier alpha value is -2.93. The number of hydrogen-bond donors (Lipinski definition) is 1. The summed E-state index contributed by atoms with van der Waals surface area (Å²) in [4.78, 5) is 29.0. The van der Waals surface area contributed by atoms with Gasteiger partial charge < -0.3 is 19.7 Å². The molecule has 1 N–H and O–H groups in total. The molecule has 2 aliphatic rings. The molecule has 1 saturated carbocycles. The first-order valence-electron chi connectivity index (χ1n) is 12.8. The number of carbonyl (C=O) groups is 2. The van der Waals surface area contributed by atoms with E-state index < -0.39 is 0 Å². The van der Waals surface area contributed by atoms with Gasteiger partial charge >= 0.3 is 0 Å². The van der Waals surface area contributed by atoms with E-state index in [4.69, 9.17) is 9.47 Å². The number of benzene rings is 2. The van der Waals surface area contributed by atoms with Crippen LogP contribution in [-0.2, 0) is 22.4 Å². The van der Waals surface area contributed by atoms with Crippen molar-refractivity contribution < 1.29 is 19.1 Å². The average Bonchev–Trinajstić information content (AvgIpc) is 2.91. The van der Waals surface area contributed by atoms with Crippen LogP contribution in [0, 0.1) is 0 Å². The largest absolute Gasteiger partial charge is 0.493 e. The van der Waals surface area contributed by atoms with E-state index in [1.54, 1.807) is 26.0 Å². The molecule has 0 radical (unpaired) electrons. The molecule has 36 heavy (non-hydrogen) atoms. The number of hydrogen-bond acceptors (Lipinski definition) is 5. The Morgan fingerprint density at radius 1 is 1.06 bits per heavy atom. The molecule has 1 aliphatic carbocycles. The third-order valence-electron chi connectivity index (χ3n) is 7.00. The van der Waals surface area contributed by atoms with Gasteiger partial charge in [0.1, 0.15) is 6.54 Å². The standard InChI is InChI=1S/C29H36N2O4S/c1-4-20-9-11-21(12-10-20)18-27-29(33)31(23-7-5-6-8-26(23)36-27)19-28(32)30-16-15-22-13-14-24(34-2)25(17-22)35-3/h9-14,17-18,23,26H,4-8,15-16,19H2,1-3H3,(H,30,32)/b27-18-. The molecule has 4 rings (SSSR count). The molecule has 7 heteroatoms. The topological polar surface area (TPSA) is 67.9 Å². The van der Waals surface area contributed by atoms with Gasteiger partial charge in [-0.1, -0.05) is 50.1 Å². The number of methoxy groups -OCH3 is 2. The lowest BCUT2D eigenvalue weighted by Gasteiger charge is -2.43. The maximum absolute atomic E-state index is 13.5. The Morgan fingerprint density at radius 3 is 2.50 bits per heavy atom. The van der Waals surface area contributed by atoms with Crippen molar-refractivity contribution in [2.45, 2.75) is 56.7 Å². The Balaban J connectivity index is 1.40. The minimum absolute atomic E-state index is 0.0299. The first-order chi connectivity index (χ1) is 17.5. The van der Waals surface area contributed by atoms with Crippen molar-refractivity contribution in [2.24, 2.45) is 0 Å². The molecule has 2 atom stereocenters. The first-order valence-corrected chi connectivity index (χ1v) is 13.7. The van der Waals surface area contributed by atoms with Crippen LogP contribution in [0.4, 0.5) is 0 Å². The number of nitrogens with zero attached hydrogens (tertiary/aromatic N) is 1. The number of aryl methyl sites for hydroxylation is 1. The zero-order valence-electron chi connectivity index (χ0n) is 21.4. The number of thioether (sulfide) groups is 1. The number of ether oxygens (including phenoxy) is 2. The molecule has 0 spiro atoms. The predicted octanol–water partition coefficient (Wildman–Crippen LogP) is 4.85. The summed E-state index contributed by atoms with van der Waals surface area (Å²) in [5.74, 6) is 1.20. The van der Waals surface area contributed by atoms with E-state index in [2.05, 4.69) is 36.5 Å². The second-order valence-corrected chi connectivity index (χ2v) is 10.6. The van der Waals surface area contributed by atoms with Gasteiger partial charge in [-0.05, 0) is 60.6 Å². The van der Waals surface area contributed by atoms with Crippen LogP contribution >= 0.6 is 11.8 Å². The lowest BCUT2D eigenvalue weighted by molar-refractivity contribution is -0.135. The molecule has 0 aromatic heterocycles. The van der Waals surface area contributed by atoms with Crippen LogP contribution in [0.15, 0.2) is 47.4 Å². The fourth-order valence-corrected chi connectivity index (χ4v) is 6.43. The van der Waals surface area contributed by atoms with Crippen LogP contribution in [0.25, 0.3) is 6.08 Å². The highest BCUT2D eigenvalue weighted by molar-refractivity contribution is 8.04. The minimum atomic E-state index is -0.119. The number of rotatable bonds is 9. The van der Waals surface area contributed by atoms with Crippen molar-refractivity contribution >= 4 is 29.7 Å². The molecule has 192 valence electrons. The molecule has 0 bridgehead atoms. The first kappa shape index (κ1) is 26.1. The highest BCUT2D eigenvalue weighted by atomic mass is 32.2. The zero-order chi connectivity index (χ0) is 25.5. The molecule has 2 aromatic rings. The van der Waals surface area contributed by atoms with E-state index in [9.17, 15) is 9.59 Å². The molecule has 1 heterocycles. The number of carbonyl (C=O) groups excluding carboxylic acids is 2. The minimum Gasteiger partial charge on any atom is -0.493 e. The summed E-state index contributed by atoms with van der Waals surface area (Å²) >= 11 is 1.70. The molecule has 2 unspecified atom stereocenters. The molecule has 1 aliphatic heterocycles. The summed E-state index contributed by atoms with van der Waals surface area (Å²) < 4.78 is 10.7. The third-order valence-corrected chi connectivity index (χ3v) is 8.40. The molecule has 6 nitrogen and oxygen atoms in total. The van der Waals surface area contributed by atoms with Crippen LogP contribution in [0.1, 0.15) is 49.3 Å². The molecule has 2 fully saturated rings. The second-order valence-electron chi connectivity index (χ2n) is 9.33. The van der Waals surface area contributed by atoms with Crippen LogP contribution in [-0.4, -0.2) is 55.3 Å². The number of amides is 2. The SMILES string of the molecule is CCc1ccc(/C=C2\SC3CCCCC3N(CC(=O)NCCc3ccc(OC)c(OC)c3)C2=O)cc1. The molecule has 2 aromatic carbocycles. The number of fused-ring (bicyclic) bond motifs is 1. The van der Waals surface area contributed by atoms with Gasteiger partial charge in [-0.15, -0.1) is 11.8 Å². The summed E-state index contributed by atoms with van der Waals surface area (Å²) in [6.07, 6.45) is 7.95. The Morgan fingerprint density at radius 2 is 1.78 bits per heavy atom. The van der Waals surface area contributed by atoms with Gasteiger partial charge in [0.15, 0.2) is 11.5 Å². The van der Waals surface area contributed by atoms with E-state index in [1.165, 1.54) is 12.0 Å². The van der Waals surface area contributed by atoms with Gasteiger partial charge in [0, 0.05) is 17.8 Å². The molecular formula is C29H36N2O4S. The Kier molecular flexibility index (Phi) is 8.97.